The minimum Gasteiger partial charge on any atom is -0.406 e. The first-order chi connectivity index (χ1) is 19.5. The highest BCUT2D eigenvalue weighted by atomic mass is 19.4. The number of rotatable bonds is 11. The smallest absolute Gasteiger partial charge is 0.406 e. The van der Waals surface area contributed by atoms with Gasteiger partial charge >= 0.3 is 6.36 Å². The van der Waals surface area contributed by atoms with Crippen molar-refractivity contribution in [3.05, 3.63) is 89.4 Å². The summed E-state index contributed by atoms with van der Waals surface area (Å²) in [6.45, 7) is -0.0795. The van der Waals surface area contributed by atoms with E-state index in [1.54, 1.807) is 18.2 Å². The lowest BCUT2D eigenvalue weighted by molar-refractivity contribution is -0.274. The van der Waals surface area contributed by atoms with Gasteiger partial charge in [0.25, 0.3) is 5.91 Å². The normalized spacial score (nSPS) is 12.0. The zero-order chi connectivity index (χ0) is 29.6. The van der Waals surface area contributed by atoms with Crippen LogP contribution in [0.25, 0.3) is 22.3 Å². The first-order valence-electron chi connectivity index (χ1n) is 12.4. The summed E-state index contributed by atoms with van der Waals surface area (Å²) in [4.78, 5) is 15.3. The predicted octanol–water partition coefficient (Wildman–Crippen LogP) is 4.42. The van der Waals surface area contributed by atoms with Gasteiger partial charge in [-0.15, -0.1) is 18.3 Å². The van der Waals surface area contributed by atoms with Crippen molar-refractivity contribution in [1.82, 2.24) is 25.5 Å². The van der Waals surface area contributed by atoms with Gasteiger partial charge in [0.05, 0.1) is 11.4 Å². The average Bonchev–Trinajstić information content (AvgIpc) is 3.34. The van der Waals surface area contributed by atoms with Crippen molar-refractivity contribution in [2.75, 3.05) is 6.54 Å². The average molecular weight is 576 g/mol. The molecule has 0 spiro atoms. The topological polar surface area (TPSA) is 135 Å². The molecule has 14 heteroatoms. The fourth-order valence-corrected chi connectivity index (χ4v) is 3.99. The van der Waals surface area contributed by atoms with Gasteiger partial charge < -0.3 is 25.8 Å². The van der Waals surface area contributed by atoms with Gasteiger partial charge in [0, 0.05) is 35.8 Å². The lowest BCUT2D eigenvalue weighted by Gasteiger charge is -2.15. The van der Waals surface area contributed by atoms with Crippen LogP contribution in [-0.2, 0) is 17.8 Å². The summed E-state index contributed by atoms with van der Waals surface area (Å²) in [5.74, 6) is 3.32. The molecule has 2 heterocycles. The molecule has 9 nitrogen and oxygen atoms in total. The van der Waals surface area contributed by atoms with Crippen molar-refractivity contribution in [2.24, 2.45) is 11.6 Å². The van der Waals surface area contributed by atoms with E-state index in [9.17, 15) is 26.7 Å². The van der Waals surface area contributed by atoms with E-state index in [0.29, 0.717) is 42.7 Å². The highest BCUT2D eigenvalue weighted by molar-refractivity contribution is 5.92. The van der Waals surface area contributed by atoms with Crippen LogP contribution >= 0.6 is 0 Å². The molecular formula is C27H26F5N7O2. The number of carbonyl (C=O) groups excluding carboxylic acids is 1. The summed E-state index contributed by atoms with van der Waals surface area (Å²) in [6.07, 6.45) is -1.83. The van der Waals surface area contributed by atoms with E-state index in [2.05, 4.69) is 25.2 Å². The lowest BCUT2D eigenvalue weighted by Crippen LogP contribution is -2.33. The van der Waals surface area contributed by atoms with Gasteiger partial charge in [0.15, 0.2) is 5.65 Å². The van der Waals surface area contributed by atoms with Gasteiger partial charge in [-0.05, 0) is 61.7 Å². The summed E-state index contributed by atoms with van der Waals surface area (Å²) in [5.41, 5.74) is 7.59. The molecule has 0 fully saturated rings. The third kappa shape index (κ3) is 8.14. The Morgan fingerprint density at radius 2 is 1.83 bits per heavy atom. The number of fused-ring (bicyclic) bond motifs is 1. The van der Waals surface area contributed by atoms with Gasteiger partial charge in [-0.1, -0.05) is 12.1 Å². The number of hydrazine groups is 1. The number of aryl methyl sites for hydroxylation is 1. The second kappa shape index (κ2) is 12.6. The van der Waals surface area contributed by atoms with Crippen molar-refractivity contribution >= 4 is 16.9 Å². The zero-order valence-corrected chi connectivity index (χ0v) is 21.5. The van der Waals surface area contributed by atoms with Crippen molar-refractivity contribution < 1.29 is 31.5 Å². The Morgan fingerprint density at radius 3 is 2.59 bits per heavy atom. The van der Waals surface area contributed by atoms with Crippen LogP contribution in [0.3, 0.4) is 0 Å². The van der Waals surface area contributed by atoms with Crippen LogP contribution in [0.1, 0.15) is 24.1 Å². The molecule has 4 aromatic rings. The second-order valence-corrected chi connectivity index (χ2v) is 9.07. The third-order valence-electron chi connectivity index (χ3n) is 5.95. The molecule has 6 N–H and O–H groups in total. The predicted molar refractivity (Wildman–Crippen MR) is 140 cm³/mol. The molecule has 4 rings (SSSR count). The molecule has 0 aliphatic rings. The fraction of sp³-hybridized carbons (Fsp3) is 0.222. The number of hydrogen-bond donors (Lipinski definition) is 4. The zero-order valence-electron chi connectivity index (χ0n) is 21.5. The quantitative estimate of drug-likeness (QED) is 0.0684. The summed E-state index contributed by atoms with van der Waals surface area (Å²) < 4.78 is 69.0. The number of H-pyrrole nitrogens is 1. The number of ether oxygens (including phenoxy) is 1. The maximum Gasteiger partial charge on any atom is 0.573 e. The Morgan fingerprint density at radius 1 is 1.05 bits per heavy atom. The molecule has 0 saturated heterocycles. The van der Waals surface area contributed by atoms with E-state index in [-0.39, 0.29) is 17.1 Å². The SMILES string of the molecule is N/C(=C\N(N)CCCCc1cc2cc(-c3ccccc3F)[nH]c2nn1)C(=O)NCc1cc(OC(F)(F)F)ccc1F. The van der Waals surface area contributed by atoms with Gasteiger partial charge in [-0.2, -0.15) is 5.10 Å². The Balaban J connectivity index is 1.24. The summed E-state index contributed by atoms with van der Waals surface area (Å²) >= 11 is 0. The molecule has 0 aliphatic carbocycles. The molecule has 0 bridgehead atoms. The number of benzene rings is 2. The molecular weight excluding hydrogens is 549 g/mol. The monoisotopic (exact) mass is 575 g/mol. The minimum atomic E-state index is -4.94. The van der Waals surface area contributed by atoms with E-state index >= 15 is 0 Å². The Bertz CT molecular complexity index is 1550. The van der Waals surface area contributed by atoms with Crippen molar-refractivity contribution in [3.63, 3.8) is 0 Å². The first-order valence-corrected chi connectivity index (χ1v) is 12.4. The van der Waals surface area contributed by atoms with Crippen LogP contribution in [0.4, 0.5) is 22.0 Å². The molecule has 0 unspecified atom stereocenters. The molecule has 1 amide bonds. The molecule has 216 valence electrons. The number of carbonyl (C=O) groups is 1. The van der Waals surface area contributed by atoms with Crippen molar-refractivity contribution in [1.29, 1.82) is 0 Å². The van der Waals surface area contributed by atoms with Crippen molar-refractivity contribution in [3.8, 4) is 17.0 Å². The standard InChI is InChI=1S/C27H26F5N7O2/c28-21-9-8-19(41-27(30,31)32)12-17(21)14-35-26(40)23(33)15-39(34)10-4-3-5-18-11-16-13-24(36-25(16)38-37-18)20-6-1-2-7-22(20)29/h1-2,6-9,11-13,15H,3-5,10,14,33-34H2,(H,35,40)(H,36,38)/b23-15-. The highest BCUT2D eigenvalue weighted by Gasteiger charge is 2.31. The van der Waals surface area contributed by atoms with Gasteiger partial charge in [0.2, 0.25) is 0 Å². The Hall–Kier alpha value is -4.72. The number of amides is 1. The highest BCUT2D eigenvalue weighted by Crippen LogP contribution is 2.26. The number of nitrogens with two attached hydrogens (primary N) is 2. The largest absolute Gasteiger partial charge is 0.573 e. The summed E-state index contributed by atoms with van der Waals surface area (Å²) in [6, 6.07) is 12.6. The fourth-order valence-electron chi connectivity index (χ4n) is 3.99. The van der Waals surface area contributed by atoms with E-state index < -0.39 is 30.4 Å². The Labute approximate surface area is 231 Å². The van der Waals surface area contributed by atoms with E-state index in [4.69, 9.17) is 11.6 Å². The van der Waals surface area contributed by atoms with Gasteiger partial charge in [-0.25, -0.2) is 14.6 Å². The van der Waals surface area contributed by atoms with Crippen LogP contribution in [0, 0.1) is 11.6 Å². The van der Waals surface area contributed by atoms with Gasteiger partial charge in [0.1, 0.15) is 23.1 Å². The van der Waals surface area contributed by atoms with Crippen LogP contribution < -0.4 is 21.6 Å². The van der Waals surface area contributed by atoms with Crippen LogP contribution in [-0.4, -0.2) is 39.0 Å². The molecule has 0 atom stereocenters. The minimum absolute atomic E-state index is 0.220. The maximum absolute atomic E-state index is 14.1. The number of halogens is 5. The molecule has 0 aliphatic heterocycles. The molecule has 2 aromatic heterocycles. The molecule has 2 aromatic carbocycles. The number of hydrogen-bond acceptors (Lipinski definition) is 7. The van der Waals surface area contributed by atoms with E-state index in [1.165, 1.54) is 17.3 Å². The van der Waals surface area contributed by atoms with Gasteiger partial charge in [-0.3, -0.25) is 4.79 Å². The number of nitrogens with one attached hydrogen (secondary N) is 2. The number of unbranched alkanes of at least 4 members (excludes halogenated alkanes) is 1. The van der Waals surface area contributed by atoms with Crippen LogP contribution in [0.2, 0.25) is 0 Å². The number of alkyl halides is 3. The lowest BCUT2D eigenvalue weighted by atomic mass is 10.1. The summed E-state index contributed by atoms with van der Waals surface area (Å²) in [7, 11) is 0. The first kappa shape index (κ1) is 29.3. The third-order valence-corrected chi connectivity index (χ3v) is 5.95. The molecule has 0 radical (unpaired) electrons. The maximum atomic E-state index is 14.1. The van der Waals surface area contributed by atoms with E-state index in [1.807, 2.05) is 12.1 Å². The Kier molecular flexibility index (Phi) is 9.02. The van der Waals surface area contributed by atoms with Crippen LogP contribution in [0.5, 0.6) is 5.75 Å². The number of aromatic amines is 1. The second-order valence-electron chi connectivity index (χ2n) is 9.07. The molecule has 0 saturated carbocycles. The molecule has 41 heavy (non-hydrogen) atoms. The number of nitrogens with zero attached hydrogens (tertiary/aromatic N) is 3. The van der Waals surface area contributed by atoms with E-state index in [0.717, 1.165) is 29.3 Å². The van der Waals surface area contributed by atoms with Crippen LogP contribution in [0.15, 0.2) is 66.5 Å². The number of aromatic nitrogens is 3. The summed E-state index contributed by atoms with van der Waals surface area (Å²) in [5, 5.41) is 12.7. The van der Waals surface area contributed by atoms with Crippen molar-refractivity contribution in [2.45, 2.75) is 32.2 Å².